The topological polar surface area (TPSA) is 45.7 Å². The minimum atomic E-state index is 0.479. The molecule has 1 aromatic carbocycles. The molecule has 1 unspecified atom stereocenters. The molecular weight excluding hydrogens is 294 g/mol. The lowest BCUT2D eigenvalue weighted by Crippen LogP contribution is -2.41. The first-order chi connectivity index (χ1) is 10.8. The fourth-order valence-corrected chi connectivity index (χ4v) is 2.96. The number of hydrogen-bond acceptors (Lipinski definition) is 3. The van der Waals surface area contributed by atoms with E-state index in [1.807, 2.05) is 17.8 Å². The van der Waals surface area contributed by atoms with Crippen LogP contribution in [-0.4, -0.2) is 44.6 Å². The molecule has 1 aliphatic rings. The number of thioether (sulfide) groups is 1. The molecule has 0 bridgehead atoms. The van der Waals surface area contributed by atoms with Gasteiger partial charge < -0.3 is 15.4 Å². The molecule has 1 atom stereocenters. The minimum absolute atomic E-state index is 0.479. The van der Waals surface area contributed by atoms with Crippen LogP contribution < -0.4 is 10.6 Å². The number of ether oxygens (including phenoxy) is 1. The van der Waals surface area contributed by atoms with E-state index in [0.717, 1.165) is 38.2 Å². The van der Waals surface area contributed by atoms with Crippen LogP contribution in [0.5, 0.6) is 0 Å². The van der Waals surface area contributed by atoms with Crippen molar-refractivity contribution in [2.24, 2.45) is 10.9 Å². The standard InChI is InChI=1S/C17H27N3OS/c1-14(22-16-6-4-3-5-7-16)12-20-17(18-2)19-10-11-21-13-15-8-9-15/h3-7,14-15H,8-13H2,1-2H3,(H2,18,19,20). The molecule has 5 heteroatoms. The first kappa shape index (κ1) is 17.2. The Bertz CT molecular complexity index is 448. The summed E-state index contributed by atoms with van der Waals surface area (Å²) in [5.41, 5.74) is 0. The fraction of sp³-hybridized carbons (Fsp3) is 0.588. The zero-order valence-electron chi connectivity index (χ0n) is 13.5. The second-order valence-electron chi connectivity index (χ2n) is 5.64. The first-order valence-corrected chi connectivity index (χ1v) is 8.90. The number of nitrogens with one attached hydrogen (secondary N) is 2. The van der Waals surface area contributed by atoms with Gasteiger partial charge in [0.15, 0.2) is 5.96 Å². The monoisotopic (exact) mass is 321 g/mol. The molecule has 0 radical (unpaired) electrons. The number of nitrogens with zero attached hydrogens (tertiary/aromatic N) is 1. The average Bonchev–Trinajstić information content (AvgIpc) is 3.35. The zero-order chi connectivity index (χ0) is 15.6. The summed E-state index contributed by atoms with van der Waals surface area (Å²) < 4.78 is 5.61. The molecule has 122 valence electrons. The number of hydrogen-bond donors (Lipinski definition) is 2. The first-order valence-electron chi connectivity index (χ1n) is 8.02. The lowest BCUT2D eigenvalue weighted by Gasteiger charge is -2.16. The highest BCUT2D eigenvalue weighted by atomic mass is 32.2. The molecule has 0 aromatic heterocycles. The molecule has 0 aliphatic heterocycles. The summed E-state index contributed by atoms with van der Waals surface area (Å²) in [4.78, 5) is 5.54. The second-order valence-corrected chi connectivity index (χ2v) is 7.15. The van der Waals surface area contributed by atoms with Gasteiger partial charge >= 0.3 is 0 Å². The van der Waals surface area contributed by atoms with E-state index in [1.165, 1.54) is 17.7 Å². The van der Waals surface area contributed by atoms with Crippen molar-refractivity contribution in [1.29, 1.82) is 0 Å². The van der Waals surface area contributed by atoms with E-state index in [1.54, 1.807) is 7.05 Å². The van der Waals surface area contributed by atoms with Crippen molar-refractivity contribution in [1.82, 2.24) is 10.6 Å². The van der Waals surface area contributed by atoms with Crippen molar-refractivity contribution >= 4 is 17.7 Å². The molecule has 22 heavy (non-hydrogen) atoms. The summed E-state index contributed by atoms with van der Waals surface area (Å²) in [7, 11) is 1.80. The smallest absolute Gasteiger partial charge is 0.191 e. The normalized spacial score (nSPS) is 16.4. The molecule has 4 nitrogen and oxygen atoms in total. The van der Waals surface area contributed by atoms with Crippen LogP contribution >= 0.6 is 11.8 Å². The Kier molecular flexibility index (Phi) is 7.60. The van der Waals surface area contributed by atoms with Crippen LogP contribution in [0.15, 0.2) is 40.2 Å². The lowest BCUT2D eigenvalue weighted by molar-refractivity contribution is 0.129. The van der Waals surface area contributed by atoms with Gasteiger partial charge in [0.1, 0.15) is 0 Å². The van der Waals surface area contributed by atoms with Crippen LogP contribution in [0, 0.1) is 5.92 Å². The van der Waals surface area contributed by atoms with Gasteiger partial charge in [-0.1, -0.05) is 25.1 Å². The Hall–Kier alpha value is -1.20. The van der Waals surface area contributed by atoms with Crippen molar-refractivity contribution in [3.63, 3.8) is 0 Å². The third-order valence-corrected chi connectivity index (χ3v) is 4.56. The van der Waals surface area contributed by atoms with E-state index in [2.05, 4.69) is 46.8 Å². The van der Waals surface area contributed by atoms with Gasteiger partial charge in [0.2, 0.25) is 0 Å². The molecule has 0 heterocycles. The highest BCUT2D eigenvalue weighted by Gasteiger charge is 2.20. The van der Waals surface area contributed by atoms with E-state index in [9.17, 15) is 0 Å². The van der Waals surface area contributed by atoms with Gasteiger partial charge in [0.05, 0.1) is 6.61 Å². The lowest BCUT2D eigenvalue weighted by atomic mass is 10.4. The van der Waals surface area contributed by atoms with Crippen LogP contribution in [0.4, 0.5) is 0 Å². The number of benzene rings is 1. The van der Waals surface area contributed by atoms with Gasteiger partial charge in [0, 0.05) is 36.9 Å². The second kappa shape index (κ2) is 9.74. The van der Waals surface area contributed by atoms with E-state index < -0.39 is 0 Å². The van der Waals surface area contributed by atoms with Crippen LogP contribution in [0.3, 0.4) is 0 Å². The summed E-state index contributed by atoms with van der Waals surface area (Å²) in [6, 6.07) is 10.5. The molecule has 2 N–H and O–H groups in total. The largest absolute Gasteiger partial charge is 0.379 e. The summed E-state index contributed by atoms with van der Waals surface area (Å²) in [6.45, 7) is 5.55. The van der Waals surface area contributed by atoms with Gasteiger partial charge in [-0.05, 0) is 30.9 Å². The number of guanidine groups is 1. The van der Waals surface area contributed by atoms with Gasteiger partial charge in [0.25, 0.3) is 0 Å². The molecular formula is C17H27N3OS. The van der Waals surface area contributed by atoms with Crippen LogP contribution in [0.2, 0.25) is 0 Å². The van der Waals surface area contributed by atoms with Crippen LogP contribution in [0.25, 0.3) is 0 Å². The van der Waals surface area contributed by atoms with Gasteiger partial charge in [-0.15, -0.1) is 11.8 Å². The SMILES string of the molecule is CN=C(NCCOCC1CC1)NCC(C)Sc1ccccc1. The van der Waals surface area contributed by atoms with E-state index >= 15 is 0 Å². The van der Waals surface area contributed by atoms with E-state index in [4.69, 9.17) is 4.74 Å². The molecule has 0 saturated heterocycles. The van der Waals surface area contributed by atoms with E-state index in [0.29, 0.717) is 5.25 Å². The Morgan fingerprint density at radius 2 is 2.09 bits per heavy atom. The fourth-order valence-electron chi connectivity index (χ4n) is 2.01. The highest BCUT2D eigenvalue weighted by molar-refractivity contribution is 8.00. The third-order valence-electron chi connectivity index (χ3n) is 3.45. The number of rotatable bonds is 9. The molecule has 0 spiro atoms. The molecule has 2 rings (SSSR count). The van der Waals surface area contributed by atoms with Gasteiger partial charge in [-0.25, -0.2) is 0 Å². The highest BCUT2D eigenvalue weighted by Crippen LogP contribution is 2.28. The Balaban J connectivity index is 1.56. The zero-order valence-corrected chi connectivity index (χ0v) is 14.4. The third kappa shape index (κ3) is 7.18. The summed E-state index contributed by atoms with van der Waals surface area (Å²) in [5, 5.41) is 7.13. The van der Waals surface area contributed by atoms with Crippen molar-refractivity contribution in [3.05, 3.63) is 30.3 Å². The predicted octanol–water partition coefficient (Wildman–Crippen LogP) is 2.76. The minimum Gasteiger partial charge on any atom is -0.379 e. The summed E-state index contributed by atoms with van der Waals surface area (Å²) in [5.74, 6) is 1.67. The molecule has 1 fully saturated rings. The van der Waals surface area contributed by atoms with E-state index in [-0.39, 0.29) is 0 Å². The molecule has 1 aliphatic carbocycles. The van der Waals surface area contributed by atoms with Gasteiger partial charge in [-0.3, -0.25) is 4.99 Å². The number of aliphatic imine (C=N–C) groups is 1. The van der Waals surface area contributed by atoms with Crippen molar-refractivity contribution in [3.8, 4) is 0 Å². The quantitative estimate of drug-likeness (QED) is 0.318. The average molecular weight is 321 g/mol. The van der Waals surface area contributed by atoms with Crippen molar-refractivity contribution in [2.45, 2.75) is 29.9 Å². The molecule has 1 aromatic rings. The van der Waals surface area contributed by atoms with Crippen molar-refractivity contribution in [2.75, 3.05) is 33.4 Å². The van der Waals surface area contributed by atoms with Crippen LogP contribution in [-0.2, 0) is 4.74 Å². The van der Waals surface area contributed by atoms with Gasteiger partial charge in [-0.2, -0.15) is 0 Å². The maximum atomic E-state index is 5.61. The van der Waals surface area contributed by atoms with Crippen LogP contribution in [0.1, 0.15) is 19.8 Å². The Morgan fingerprint density at radius 1 is 1.32 bits per heavy atom. The van der Waals surface area contributed by atoms with Crippen molar-refractivity contribution < 1.29 is 4.74 Å². The Morgan fingerprint density at radius 3 is 2.77 bits per heavy atom. The maximum absolute atomic E-state index is 5.61. The summed E-state index contributed by atoms with van der Waals surface area (Å²) in [6.07, 6.45) is 2.68. The molecule has 0 amide bonds. The summed E-state index contributed by atoms with van der Waals surface area (Å²) >= 11 is 1.87. The maximum Gasteiger partial charge on any atom is 0.191 e. The predicted molar refractivity (Wildman–Crippen MR) is 94.7 cm³/mol. The Labute approximate surface area is 138 Å². The molecule has 1 saturated carbocycles.